The first kappa shape index (κ1) is 26.7. The van der Waals surface area contributed by atoms with Gasteiger partial charge in [-0.15, -0.1) is 0 Å². The van der Waals surface area contributed by atoms with E-state index in [0.717, 1.165) is 5.75 Å². The van der Waals surface area contributed by atoms with E-state index in [1.807, 2.05) is 35.2 Å². The highest BCUT2D eigenvalue weighted by atomic mass is 19.1. The SMILES string of the molecule is O=C(c1ccc(Oc2ccccc2)cc1)N1CCN2CCN(C(=O)c3ccc(-c4ccc(F)cc4)cc3F)CC2C1. The van der Waals surface area contributed by atoms with Gasteiger partial charge in [-0.3, -0.25) is 14.5 Å². The van der Waals surface area contributed by atoms with Gasteiger partial charge in [-0.2, -0.15) is 0 Å². The van der Waals surface area contributed by atoms with Crippen molar-refractivity contribution in [2.24, 2.45) is 0 Å². The molecule has 0 radical (unpaired) electrons. The molecule has 41 heavy (non-hydrogen) atoms. The summed E-state index contributed by atoms with van der Waals surface area (Å²) in [6, 6.07) is 26.8. The average molecular weight is 554 g/mol. The summed E-state index contributed by atoms with van der Waals surface area (Å²) < 4.78 is 34.2. The van der Waals surface area contributed by atoms with Crippen LogP contribution < -0.4 is 4.74 Å². The smallest absolute Gasteiger partial charge is 0.256 e. The number of halogens is 2. The molecule has 1 unspecified atom stereocenters. The number of carbonyl (C=O) groups excluding carboxylic acids is 2. The molecule has 1 atom stereocenters. The van der Waals surface area contributed by atoms with Crippen LogP contribution in [-0.4, -0.2) is 71.8 Å². The van der Waals surface area contributed by atoms with Crippen molar-refractivity contribution in [2.75, 3.05) is 39.3 Å². The Morgan fingerprint density at radius 3 is 1.93 bits per heavy atom. The van der Waals surface area contributed by atoms with Crippen molar-refractivity contribution < 1.29 is 23.1 Å². The van der Waals surface area contributed by atoms with Crippen LogP contribution in [-0.2, 0) is 0 Å². The largest absolute Gasteiger partial charge is 0.457 e. The number of nitrogens with zero attached hydrogens (tertiary/aromatic N) is 3. The van der Waals surface area contributed by atoms with Gasteiger partial charge in [0.1, 0.15) is 23.1 Å². The lowest BCUT2D eigenvalue weighted by molar-refractivity contribution is 0.0130. The van der Waals surface area contributed by atoms with Gasteiger partial charge in [0, 0.05) is 50.9 Å². The Balaban J connectivity index is 1.09. The lowest BCUT2D eigenvalue weighted by atomic mass is 10.0. The number of rotatable bonds is 5. The number of ether oxygens (including phenoxy) is 1. The molecule has 2 aliphatic rings. The van der Waals surface area contributed by atoms with Gasteiger partial charge < -0.3 is 14.5 Å². The highest BCUT2D eigenvalue weighted by molar-refractivity contribution is 5.95. The van der Waals surface area contributed by atoms with Gasteiger partial charge in [0.2, 0.25) is 0 Å². The van der Waals surface area contributed by atoms with E-state index in [1.165, 1.54) is 24.3 Å². The Hall–Kier alpha value is -4.56. The maximum absolute atomic E-state index is 15.1. The molecule has 208 valence electrons. The molecule has 0 aliphatic carbocycles. The third kappa shape index (κ3) is 5.83. The molecule has 2 amide bonds. The number of amides is 2. The molecule has 4 aromatic rings. The summed E-state index contributed by atoms with van der Waals surface area (Å²) in [4.78, 5) is 32.4. The monoisotopic (exact) mass is 553 g/mol. The zero-order chi connectivity index (χ0) is 28.3. The minimum Gasteiger partial charge on any atom is -0.457 e. The van der Waals surface area contributed by atoms with Gasteiger partial charge in [-0.25, -0.2) is 8.78 Å². The van der Waals surface area contributed by atoms with Crippen LogP contribution in [0.5, 0.6) is 11.5 Å². The predicted octanol–water partition coefficient (Wildman–Crippen LogP) is 5.71. The van der Waals surface area contributed by atoms with Crippen molar-refractivity contribution in [1.29, 1.82) is 0 Å². The molecule has 0 aromatic heterocycles. The fourth-order valence-electron chi connectivity index (χ4n) is 5.48. The fourth-order valence-corrected chi connectivity index (χ4v) is 5.48. The van der Waals surface area contributed by atoms with Crippen LogP contribution in [0, 0.1) is 11.6 Å². The zero-order valence-electron chi connectivity index (χ0n) is 22.4. The Morgan fingerprint density at radius 1 is 0.659 bits per heavy atom. The minimum absolute atomic E-state index is 0.00543. The summed E-state index contributed by atoms with van der Waals surface area (Å²) in [6.45, 7) is 3.37. The van der Waals surface area contributed by atoms with Gasteiger partial charge in [0.25, 0.3) is 11.8 Å². The van der Waals surface area contributed by atoms with Gasteiger partial charge in [-0.1, -0.05) is 36.4 Å². The summed E-state index contributed by atoms with van der Waals surface area (Å²) in [6.07, 6.45) is 0. The van der Waals surface area contributed by atoms with Crippen LogP contribution in [0.4, 0.5) is 8.78 Å². The molecule has 0 saturated carbocycles. The predicted molar refractivity (Wildman–Crippen MR) is 152 cm³/mol. The number of carbonyl (C=O) groups is 2. The van der Waals surface area contributed by atoms with E-state index in [2.05, 4.69) is 4.90 Å². The maximum atomic E-state index is 15.1. The molecule has 0 bridgehead atoms. The van der Waals surface area contributed by atoms with Crippen LogP contribution in [0.2, 0.25) is 0 Å². The Labute approximate surface area is 237 Å². The van der Waals surface area contributed by atoms with E-state index in [1.54, 1.807) is 47.4 Å². The van der Waals surface area contributed by atoms with Crippen LogP contribution >= 0.6 is 0 Å². The van der Waals surface area contributed by atoms with E-state index in [0.29, 0.717) is 61.7 Å². The van der Waals surface area contributed by atoms with Crippen molar-refractivity contribution in [3.05, 3.63) is 120 Å². The quantitative estimate of drug-likeness (QED) is 0.318. The Bertz CT molecular complexity index is 1540. The number of piperazine rings is 2. The molecule has 2 aliphatic heterocycles. The minimum atomic E-state index is -0.612. The zero-order valence-corrected chi connectivity index (χ0v) is 22.4. The summed E-state index contributed by atoms with van der Waals surface area (Å²) in [5, 5.41) is 0. The molecule has 6 nitrogen and oxygen atoms in total. The number of para-hydroxylation sites is 1. The normalized spacial score (nSPS) is 17.2. The second-order valence-electron chi connectivity index (χ2n) is 10.3. The average Bonchev–Trinajstić information content (AvgIpc) is 3.01. The van der Waals surface area contributed by atoms with Crippen LogP contribution in [0.3, 0.4) is 0 Å². The highest BCUT2D eigenvalue weighted by Gasteiger charge is 2.36. The molecular weight excluding hydrogens is 524 g/mol. The van der Waals surface area contributed by atoms with Crippen molar-refractivity contribution in [3.8, 4) is 22.6 Å². The first-order valence-corrected chi connectivity index (χ1v) is 13.7. The summed E-state index contributed by atoms with van der Waals surface area (Å²) in [5.41, 5.74) is 1.82. The molecule has 4 aromatic carbocycles. The van der Waals surface area contributed by atoms with Gasteiger partial charge >= 0.3 is 0 Å². The van der Waals surface area contributed by atoms with Crippen LogP contribution in [0.25, 0.3) is 11.1 Å². The van der Waals surface area contributed by atoms with Crippen molar-refractivity contribution in [2.45, 2.75) is 6.04 Å². The van der Waals surface area contributed by atoms with Gasteiger partial charge in [-0.05, 0) is 71.8 Å². The van der Waals surface area contributed by atoms with E-state index < -0.39 is 5.82 Å². The topological polar surface area (TPSA) is 53.1 Å². The molecule has 2 heterocycles. The van der Waals surface area contributed by atoms with Crippen molar-refractivity contribution in [1.82, 2.24) is 14.7 Å². The lowest BCUT2D eigenvalue weighted by Gasteiger charge is -2.47. The van der Waals surface area contributed by atoms with E-state index in [-0.39, 0.29) is 29.2 Å². The number of benzene rings is 4. The standard InChI is InChI=1S/C33H29F2N3O3/c34-26-11-6-23(7-12-26)25-10-15-30(31(35)20-25)33(40)38-19-17-36-16-18-37(21-27(36)22-38)32(39)24-8-13-29(14-9-24)41-28-4-2-1-3-5-28/h1-15,20,27H,16-19,21-22H2. The Morgan fingerprint density at radius 2 is 1.27 bits per heavy atom. The van der Waals surface area contributed by atoms with Crippen molar-refractivity contribution in [3.63, 3.8) is 0 Å². The maximum Gasteiger partial charge on any atom is 0.256 e. The van der Waals surface area contributed by atoms with Gasteiger partial charge in [0.05, 0.1) is 5.56 Å². The number of hydrogen-bond donors (Lipinski definition) is 0. The molecule has 2 fully saturated rings. The molecule has 0 N–H and O–H groups in total. The Kier molecular flexibility index (Phi) is 7.48. The summed E-state index contributed by atoms with van der Waals surface area (Å²) in [7, 11) is 0. The molecule has 6 rings (SSSR count). The molecule has 2 saturated heterocycles. The first-order chi connectivity index (χ1) is 19.9. The summed E-state index contributed by atoms with van der Waals surface area (Å²) >= 11 is 0. The van der Waals surface area contributed by atoms with E-state index in [4.69, 9.17) is 4.74 Å². The first-order valence-electron chi connectivity index (χ1n) is 13.7. The number of fused-ring (bicyclic) bond motifs is 1. The molecule has 0 spiro atoms. The number of hydrogen-bond acceptors (Lipinski definition) is 4. The van der Waals surface area contributed by atoms with E-state index in [9.17, 15) is 14.0 Å². The third-order valence-corrected chi connectivity index (χ3v) is 7.72. The lowest BCUT2D eigenvalue weighted by Crippen LogP contribution is -2.63. The van der Waals surface area contributed by atoms with E-state index >= 15 is 4.39 Å². The summed E-state index contributed by atoms with van der Waals surface area (Å²) in [5.74, 6) is -0.0411. The second-order valence-corrected chi connectivity index (χ2v) is 10.3. The third-order valence-electron chi connectivity index (χ3n) is 7.72. The molecule has 8 heteroatoms. The van der Waals surface area contributed by atoms with Gasteiger partial charge in [0.15, 0.2) is 0 Å². The van der Waals surface area contributed by atoms with Crippen molar-refractivity contribution >= 4 is 11.8 Å². The van der Waals surface area contributed by atoms with Crippen LogP contribution in [0.1, 0.15) is 20.7 Å². The molecular formula is C33H29F2N3O3. The second kappa shape index (κ2) is 11.5. The van der Waals surface area contributed by atoms with Crippen LogP contribution in [0.15, 0.2) is 97.1 Å². The highest BCUT2D eigenvalue weighted by Crippen LogP contribution is 2.26. The fraction of sp³-hybridized carbons (Fsp3) is 0.212.